The minimum atomic E-state index is -4.42. The summed E-state index contributed by atoms with van der Waals surface area (Å²) in [6, 6.07) is 3.05. The van der Waals surface area contributed by atoms with Crippen LogP contribution in [0.4, 0.5) is 18.0 Å². The molecule has 7 heteroatoms. The van der Waals surface area contributed by atoms with E-state index < -0.39 is 35.6 Å². The molecule has 1 aromatic carbocycles. The fraction of sp³-hybridized carbons (Fsp3) is 0.588. The third-order valence-corrected chi connectivity index (χ3v) is 3.86. The van der Waals surface area contributed by atoms with Gasteiger partial charge in [0.2, 0.25) is 0 Å². The minimum Gasteiger partial charge on any atom is -0.444 e. The number of hydrogen-bond acceptors (Lipinski definition) is 3. The highest BCUT2D eigenvalue weighted by atomic mass is 19.4. The summed E-state index contributed by atoms with van der Waals surface area (Å²) in [5.41, 5.74) is -0.291. The molecule has 1 aromatic rings. The largest absolute Gasteiger partial charge is 0.444 e. The van der Waals surface area contributed by atoms with Crippen LogP contribution in [0.15, 0.2) is 18.2 Å². The van der Waals surface area contributed by atoms with Gasteiger partial charge in [0.05, 0.1) is 24.3 Å². The van der Waals surface area contributed by atoms with Gasteiger partial charge in [0, 0.05) is 7.05 Å². The van der Waals surface area contributed by atoms with Gasteiger partial charge in [0.25, 0.3) is 0 Å². The van der Waals surface area contributed by atoms with Gasteiger partial charge in [-0.1, -0.05) is 6.07 Å². The molecule has 1 heterocycles. The van der Waals surface area contributed by atoms with Crippen molar-refractivity contribution in [1.29, 1.82) is 0 Å². The molecule has 1 aliphatic heterocycles. The molecule has 2 atom stereocenters. The van der Waals surface area contributed by atoms with Crippen LogP contribution in [-0.4, -0.2) is 30.2 Å². The Balaban J connectivity index is 2.33. The van der Waals surface area contributed by atoms with Gasteiger partial charge in [0.1, 0.15) is 5.60 Å². The number of carbonyl (C=O) groups excluding carboxylic acids is 1. The molecule has 2 rings (SSSR count). The molecule has 0 aliphatic carbocycles. The Hall–Kier alpha value is -1.76. The van der Waals surface area contributed by atoms with Crippen LogP contribution in [0.5, 0.6) is 0 Å². The van der Waals surface area contributed by atoms with E-state index in [1.54, 1.807) is 34.7 Å². The van der Waals surface area contributed by atoms with Gasteiger partial charge in [-0.05, 0) is 51.0 Å². The van der Waals surface area contributed by atoms with E-state index in [2.05, 4.69) is 0 Å². The Morgan fingerprint density at radius 2 is 1.88 bits per heavy atom. The van der Waals surface area contributed by atoms with Crippen molar-refractivity contribution in [1.82, 2.24) is 4.90 Å². The van der Waals surface area contributed by atoms with Crippen molar-refractivity contribution in [3.05, 3.63) is 34.9 Å². The molecule has 0 bridgehead atoms. The number of fused-ring (bicyclic) bond motifs is 1. The summed E-state index contributed by atoms with van der Waals surface area (Å²) in [5.74, 6) is 0. The average molecular weight is 345 g/mol. The van der Waals surface area contributed by atoms with Crippen LogP contribution >= 0.6 is 0 Å². The highest BCUT2D eigenvalue weighted by molar-refractivity contribution is 5.68. The van der Waals surface area contributed by atoms with Crippen LogP contribution in [-0.2, 0) is 15.7 Å². The average Bonchev–Trinajstić information content (AvgIpc) is 2.44. The zero-order valence-electron chi connectivity index (χ0n) is 14.4. The smallest absolute Gasteiger partial charge is 0.416 e. The Bertz CT molecular complexity index is 622. The van der Waals surface area contributed by atoms with Gasteiger partial charge >= 0.3 is 12.3 Å². The molecule has 0 saturated heterocycles. The number of carbonyl (C=O) groups is 1. The summed E-state index contributed by atoms with van der Waals surface area (Å²) in [4.78, 5) is 13.6. The van der Waals surface area contributed by atoms with Crippen molar-refractivity contribution in [3.8, 4) is 0 Å². The van der Waals surface area contributed by atoms with Gasteiger partial charge in [-0.25, -0.2) is 4.79 Å². The number of ether oxygens (including phenoxy) is 2. The van der Waals surface area contributed by atoms with Crippen molar-refractivity contribution in [2.24, 2.45) is 0 Å². The number of nitrogens with zero attached hydrogens (tertiary/aromatic N) is 1. The van der Waals surface area contributed by atoms with Gasteiger partial charge < -0.3 is 14.4 Å². The standard InChI is InChI=1S/C17H22F3NO3/c1-10-13-8-11(17(18,19)20)6-7-12(13)14(9-23-10)21(5)15(22)24-16(2,3)4/h6-8,10,14H,9H2,1-5H3. The van der Waals surface area contributed by atoms with Crippen LogP contribution in [0, 0.1) is 0 Å². The molecule has 0 spiro atoms. The Labute approximate surface area is 139 Å². The molecular formula is C17H22F3NO3. The maximum absolute atomic E-state index is 12.9. The van der Waals surface area contributed by atoms with Gasteiger partial charge in [-0.15, -0.1) is 0 Å². The summed E-state index contributed by atoms with van der Waals surface area (Å²) in [6.07, 6.45) is -5.43. The monoisotopic (exact) mass is 345 g/mol. The third kappa shape index (κ3) is 4.01. The number of likely N-dealkylation sites (N-methyl/N-ethyl adjacent to an activating group) is 1. The third-order valence-electron chi connectivity index (χ3n) is 3.86. The van der Waals surface area contributed by atoms with Crippen LogP contribution in [0.25, 0.3) is 0 Å². The molecular weight excluding hydrogens is 323 g/mol. The van der Waals surface area contributed by atoms with Crippen LogP contribution < -0.4 is 0 Å². The van der Waals surface area contributed by atoms with E-state index in [9.17, 15) is 18.0 Å². The Morgan fingerprint density at radius 3 is 2.42 bits per heavy atom. The van der Waals surface area contributed by atoms with E-state index in [1.165, 1.54) is 11.0 Å². The van der Waals surface area contributed by atoms with Crippen molar-refractivity contribution in [2.45, 2.75) is 51.6 Å². The molecule has 0 fully saturated rings. The minimum absolute atomic E-state index is 0.204. The lowest BCUT2D eigenvalue weighted by atomic mass is 9.92. The summed E-state index contributed by atoms with van der Waals surface area (Å²) < 4.78 is 49.7. The predicted molar refractivity (Wildman–Crippen MR) is 82.5 cm³/mol. The van der Waals surface area contributed by atoms with Crippen molar-refractivity contribution in [2.75, 3.05) is 13.7 Å². The zero-order chi connectivity index (χ0) is 18.3. The van der Waals surface area contributed by atoms with E-state index >= 15 is 0 Å². The van der Waals surface area contributed by atoms with Crippen LogP contribution in [0.2, 0.25) is 0 Å². The molecule has 4 nitrogen and oxygen atoms in total. The van der Waals surface area contributed by atoms with E-state index in [0.29, 0.717) is 11.1 Å². The summed E-state index contributed by atoms with van der Waals surface area (Å²) >= 11 is 0. The van der Waals surface area contributed by atoms with Crippen molar-refractivity contribution >= 4 is 6.09 Å². The fourth-order valence-corrected chi connectivity index (χ4v) is 2.60. The lowest BCUT2D eigenvalue weighted by Gasteiger charge is -2.36. The SMILES string of the molecule is CC1OCC(N(C)C(=O)OC(C)(C)C)c2ccc(C(F)(F)F)cc21. The normalized spacial score (nSPS) is 21.2. The first kappa shape index (κ1) is 18.6. The van der Waals surface area contributed by atoms with Gasteiger partial charge in [-0.2, -0.15) is 13.2 Å². The molecule has 24 heavy (non-hydrogen) atoms. The molecule has 1 aliphatic rings. The molecule has 0 N–H and O–H groups in total. The molecule has 1 amide bonds. The topological polar surface area (TPSA) is 38.8 Å². The highest BCUT2D eigenvalue weighted by Gasteiger charge is 2.36. The van der Waals surface area contributed by atoms with E-state index in [1.807, 2.05) is 0 Å². The Morgan fingerprint density at radius 1 is 1.25 bits per heavy atom. The maximum Gasteiger partial charge on any atom is 0.416 e. The van der Waals surface area contributed by atoms with E-state index in [-0.39, 0.29) is 6.61 Å². The first-order chi connectivity index (χ1) is 10.9. The first-order valence-electron chi connectivity index (χ1n) is 7.68. The lowest BCUT2D eigenvalue weighted by molar-refractivity contribution is -0.137. The molecule has 0 radical (unpaired) electrons. The van der Waals surface area contributed by atoms with Gasteiger partial charge in [-0.3, -0.25) is 0 Å². The van der Waals surface area contributed by atoms with Gasteiger partial charge in [0.15, 0.2) is 0 Å². The quantitative estimate of drug-likeness (QED) is 0.740. The molecule has 134 valence electrons. The number of amides is 1. The zero-order valence-corrected chi connectivity index (χ0v) is 14.4. The lowest BCUT2D eigenvalue weighted by Crippen LogP contribution is -2.40. The van der Waals surface area contributed by atoms with E-state index in [4.69, 9.17) is 9.47 Å². The number of benzene rings is 1. The second-order valence-corrected chi connectivity index (χ2v) is 6.92. The second-order valence-electron chi connectivity index (χ2n) is 6.92. The Kier molecular flexibility index (Phi) is 4.86. The second kappa shape index (κ2) is 6.27. The summed E-state index contributed by atoms with van der Waals surface area (Å²) in [5, 5.41) is 0. The van der Waals surface area contributed by atoms with Crippen LogP contribution in [0.3, 0.4) is 0 Å². The number of hydrogen-bond donors (Lipinski definition) is 0. The predicted octanol–water partition coefficient (Wildman–Crippen LogP) is 4.70. The maximum atomic E-state index is 12.9. The first-order valence-corrected chi connectivity index (χ1v) is 7.68. The fourth-order valence-electron chi connectivity index (χ4n) is 2.60. The molecule has 0 saturated carbocycles. The number of halogens is 3. The summed E-state index contributed by atoms with van der Waals surface area (Å²) in [7, 11) is 1.56. The molecule has 0 aromatic heterocycles. The molecule has 2 unspecified atom stereocenters. The highest BCUT2D eigenvalue weighted by Crippen LogP contribution is 2.39. The number of alkyl halides is 3. The van der Waals surface area contributed by atoms with Crippen LogP contribution in [0.1, 0.15) is 56.5 Å². The number of rotatable bonds is 1. The van der Waals surface area contributed by atoms with Crippen molar-refractivity contribution < 1.29 is 27.4 Å². The van der Waals surface area contributed by atoms with E-state index in [0.717, 1.165) is 12.1 Å². The summed E-state index contributed by atoms with van der Waals surface area (Å²) in [6.45, 7) is 7.16. The van der Waals surface area contributed by atoms with Crippen molar-refractivity contribution in [3.63, 3.8) is 0 Å².